The van der Waals surface area contributed by atoms with Crippen LogP contribution >= 0.6 is 0 Å². The highest BCUT2D eigenvalue weighted by Gasteiger charge is 2.13. The summed E-state index contributed by atoms with van der Waals surface area (Å²) < 4.78 is 18.2. The number of nitrogens with one attached hydrogen (secondary N) is 1. The van der Waals surface area contributed by atoms with Gasteiger partial charge in [0.05, 0.1) is 19.3 Å². The first-order valence-electron chi connectivity index (χ1n) is 6.72. The SMILES string of the molecule is CCOc1cc(C(CO)Nc2ccc(F)cc2)ccc1O. The fraction of sp³-hybridized carbons (Fsp3) is 0.250. The lowest BCUT2D eigenvalue weighted by Crippen LogP contribution is -2.15. The first-order chi connectivity index (χ1) is 10.1. The van der Waals surface area contributed by atoms with Crippen LogP contribution in [0.2, 0.25) is 0 Å². The summed E-state index contributed by atoms with van der Waals surface area (Å²) in [6.45, 7) is 2.12. The Labute approximate surface area is 122 Å². The van der Waals surface area contributed by atoms with Gasteiger partial charge >= 0.3 is 0 Å². The molecule has 3 N–H and O–H groups in total. The number of halogens is 1. The molecule has 1 atom stereocenters. The van der Waals surface area contributed by atoms with Crippen molar-refractivity contribution in [3.8, 4) is 11.5 Å². The lowest BCUT2D eigenvalue weighted by Gasteiger charge is -2.19. The van der Waals surface area contributed by atoms with Gasteiger partial charge in [-0.3, -0.25) is 0 Å². The van der Waals surface area contributed by atoms with Crippen molar-refractivity contribution in [3.05, 3.63) is 53.8 Å². The molecule has 0 heterocycles. The largest absolute Gasteiger partial charge is 0.504 e. The smallest absolute Gasteiger partial charge is 0.161 e. The molecule has 5 heteroatoms. The number of rotatable bonds is 6. The maximum atomic E-state index is 12.9. The van der Waals surface area contributed by atoms with E-state index < -0.39 is 0 Å². The molecule has 0 aliphatic carbocycles. The lowest BCUT2D eigenvalue weighted by atomic mass is 10.1. The van der Waals surface area contributed by atoms with E-state index >= 15 is 0 Å². The van der Waals surface area contributed by atoms with Gasteiger partial charge < -0.3 is 20.3 Å². The normalized spacial score (nSPS) is 12.0. The highest BCUT2D eigenvalue weighted by atomic mass is 19.1. The predicted molar refractivity (Wildman–Crippen MR) is 79.1 cm³/mol. The van der Waals surface area contributed by atoms with Crippen molar-refractivity contribution in [3.63, 3.8) is 0 Å². The number of phenolic OH excluding ortho intramolecular Hbond substituents is 1. The van der Waals surface area contributed by atoms with Gasteiger partial charge in [0, 0.05) is 5.69 Å². The molecule has 0 aromatic heterocycles. The van der Waals surface area contributed by atoms with E-state index in [1.54, 1.807) is 24.3 Å². The van der Waals surface area contributed by atoms with Crippen LogP contribution in [0.5, 0.6) is 11.5 Å². The summed E-state index contributed by atoms with van der Waals surface area (Å²) >= 11 is 0. The molecule has 0 saturated carbocycles. The fourth-order valence-electron chi connectivity index (χ4n) is 2.00. The molecule has 112 valence electrons. The second kappa shape index (κ2) is 6.95. The molecule has 0 radical (unpaired) electrons. The van der Waals surface area contributed by atoms with Crippen molar-refractivity contribution < 1.29 is 19.3 Å². The van der Waals surface area contributed by atoms with Crippen molar-refractivity contribution in [2.75, 3.05) is 18.5 Å². The van der Waals surface area contributed by atoms with Crippen LogP contribution in [0, 0.1) is 5.82 Å². The molecule has 0 fully saturated rings. The van der Waals surface area contributed by atoms with Crippen LogP contribution in [-0.2, 0) is 0 Å². The van der Waals surface area contributed by atoms with Gasteiger partial charge in [-0.1, -0.05) is 6.07 Å². The highest BCUT2D eigenvalue weighted by Crippen LogP contribution is 2.30. The van der Waals surface area contributed by atoms with E-state index in [4.69, 9.17) is 4.74 Å². The standard InChI is InChI=1S/C16H18FNO3/c1-2-21-16-9-11(3-8-15(16)20)14(10-19)18-13-6-4-12(17)5-7-13/h3-9,14,18-20H,2,10H2,1H3. The Morgan fingerprint density at radius 2 is 1.90 bits per heavy atom. The maximum Gasteiger partial charge on any atom is 0.161 e. The van der Waals surface area contributed by atoms with Gasteiger partial charge in [0.25, 0.3) is 0 Å². The molecular formula is C16H18FNO3. The summed E-state index contributed by atoms with van der Waals surface area (Å²) in [6.07, 6.45) is 0. The van der Waals surface area contributed by atoms with Crippen molar-refractivity contribution >= 4 is 5.69 Å². The van der Waals surface area contributed by atoms with Crippen LogP contribution in [0.3, 0.4) is 0 Å². The van der Waals surface area contributed by atoms with E-state index in [-0.39, 0.29) is 24.2 Å². The number of hydrogen-bond donors (Lipinski definition) is 3. The molecule has 0 amide bonds. The minimum absolute atomic E-state index is 0.0547. The van der Waals surface area contributed by atoms with Gasteiger partial charge in [0.15, 0.2) is 11.5 Å². The minimum atomic E-state index is -0.379. The number of benzene rings is 2. The number of aliphatic hydroxyl groups is 1. The van der Waals surface area contributed by atoms with Crippen molar-refractivity contribution in [1.29, 1.82) is 0 Å². The topological polar surface area (TPSA) is 61.7 Å². The van der Waals surface area contributed by atoms with Crippen LogP contribution < -0.4 is 10.1 Å². The second-order valence-electron chi connectivity index (χ2n) is 4.55. The molecule has 2 aromatic carbocycles. The number of ether oxygens (including phenoxy) is 1. The van der Waals surface area contributed by atoms with Gasteiger partial charge in [-0.2, -0.15) is 0 Å². The molecule has 0 aliphatic heterocycles. The first-order valence-corrected chi connectivity index (χ1v) is 6.72. The summed E-state index contributed by atoms with van der Waals surface area (Å²) in [5, 5.41) is 22.3. The Morgan fingerprint density at radius 1 is 1.19 bits per heavy atom. The van der Waals surface area contributed by atoms with E-state index in [1.807, 2.05) is 6.92 Å². The Bertz CT molecular complexity index is 587. The molecule has 2 rings (SSSR count). The number of anilines is 1. The summed E-state index contributed by atoms with van der Waals surface area (Å²) in [5.74, 6) is 0.109. The summed E-state index contributed by atoms with van der Waals surface area (Å²) in [4.78, 5) is 0. The molecule has 0 saturated heterocycles. The van der Waals surface area contributed by atoms with E-state index in [0.717, 1.165) is 5.56 Å². The van der Waals surface area contributed by atoms with E-state index in [1.165, 1.54) is 18.2 Å². The number of aliphatic hydroxyl groups excluding tert-OH is 1. The summed E-state index contributed by atoms with van der Waals surface area (Å²) in [6, 6.07) is 10.4. The monoisotopic (exact) mass is 291 g/mol. The Hall–Kier alpha value is -2.27. The molecule has 2 aromatic rings. The molecule has 0 aliphatic rings. The van der Waals surface area contributed by atoms with Gasteiger partial charge in [-0.15, -0.1) is 0 Å². The Kier molecular flexibility index (Phi) is 5.00. The Morgan fingerprint density at radius 3 is 2.52 bits per heavy atom. The predicted octanol–water partition coefficient (Wildman–Crippen LogP) is 3.08. The van der Waals surface area contributed by atoms with Crippen molar-refractivity contribution in [2.45, 2.75) is 13.0 Å². The second-order valence-corrected chi connectivity index (χ2v) is 4.55. The first kappa shape index (κ1) is 15.1. The third-order valence-electron chi connectivity index (χ3n) is 3.05. The molecule has 21 heavy (non-hydrogen) atoms. The third kappa shape index (κ3) is 3.86. The Balaban J connectivity index is 2.20. The molecule has 1 unspecified atom stereocenters. The third-order valence-corrected chi connectivity index (χ3v) is 3.05. The quantitative estimate of drug-likeness (QED) is 0.765. The molecule has 4 nitrogen and oxygen atoms in total. The van der Waals surface area contributed by atoms with Crippen molar-refractivity contribution in [2.24, 2.45) is 0 Å². The average molecular weight is 291 g/mol. The van der Waals surface area contributed by atoms with Crippen LogP contribution in [0.25, 0.3) is 0 Å². The fourth-order valence-corrected chi connectivity index (χ4v) is 2.00. The van der Waals surface area contributed by atoms with E-state index in [9.17, 15) is 14.6 Å². The van der Waals surface area contributed by atoms with Gasteiger partial charge in [-0.25, -0.2) is 4.39 Å². The lowest BCUT2D eigenvalue weighted by molar-refractivity contribution is 0.275. The highest BCUT2D eigenvalue weighted by molar-refractivity contribution is 5.48. The summed E-state index contributed by atoms with van der Waals surface area (Å²) in [5.41, 5.74) is 1.46. The van der Waals surface area contributed by atoms with E-state index in [0.29, 0.717) is 18.0 Å². The molecular weight excluding hydrogens is 273 g/mol. The van der Waals surface area contributed by atoms with Crippen molar-refractivity contribution in [1.82, 2.24) is 0 Å². The van der Waals surface area contributed by atoms with Gasteiger partial charge in [-0.05, 0) is 48.9 Å². The van der Waals surface area contributed by atoms with Crippen LogP contribution in [0.15, 0.2) is 42.5 Å². The number of phenols is 1. The zero-order valence-electron chi connectivity index (χ0n) is 11.7. The minimum Gasteiger partial charge on any atom is -0.504 e. The summed E-state index contributed by atoms with van der Waals surface area (Å²) in [7, 11) is 0. The van der Waals surface area contributed by atoms with Gasteiger partial charge in [0.2, 0.25) is 0 Å². The van der Waals surface area contributed by atoms with Crippen LogP contribution in [0.1, 0.15) is 18.5 Å². The number of hydrogen-bond acceptors (Lipinski definition) is 4. The zero-order valence-corrected chi connectivity index (χ0v) is 11.7. The van der Waals surface area contributed by atoms with Gasteiger partial charge in [0.1, 0.15) is 5.82 Å². The number of aromatic hydroxyl groups is 1. The van der Waals surface area contributed by atoms with Crippen LogP contribution in [0.4, 0.5) is 10.1 Å². The van der Waals surface area contributed by atoms with Crippen LogP contribution in [-0.4, -0.2) is 23.4 Å². The molecule has 0 spiro atoms. The molecule has 0 bridgehead atoms. The van der Waals surface area contributed by atoms with E-state index in [2.05, 4.69) is 5.32 Å². The zero-order chi connectivity index (χ0) is 15.2. The maximum absolute atomic E-state index is 12.9. The average Bonchev–Trinajstić information content (AvgIpc) is 2.49.